The average molecular weight is 381 g/mol. The Labute approximate surface area is 147 Å². The maximum atomic E-state index is 11.6. The Balaban J connectivity index is 1.72. The highest BCUT2D eigenvalue weighted by Gasteiger charge is 2.29. The summed E-state index contributed by atoms with van der Waals surface area (Å²) in [4.78, 5) is 4.68. The van der Waals surface area contributed by atoms with E-state index in [1.807, 2.05) is 0 Å². The molecule has 24 heavy (non-hydrogen) atoms. The van der Waals surface area contributed by atoms with Gasteiger partial charge in [-0.1, -0.05) is 0 Å². The van der Waals surface area contributed by atoms with Crippen LogP contribution >= 0.6 is 0 Å². The molecule has 2 unspecified atom stereocenters. The van der Waals surface area contributed by atoms with Crippen molar-refractivity contribution in [1.29, 1.82) is 0 Å². The molecule has 2 saturated heterocycles. The van der Waals surface area contributed by atoms with Gasteiger partial charge in [-0.05, 0) is 52.6 Å². The van der Waals surface area contributed by atoms with E-state index >= 15 is 0 Å². The van der Waals surface area contributed by atoms with Gasteiger partial charge < -0.3 is 4.90 Å². The smallest absolute Gasteiger partial charge is 0.152 e. The van der Waals surface area contributed by atoms with Crippen LogP contribution in [0.1, 0.15) is 39.5 Å². The number of piperidine rings is 1. The molecule has 2 atom stereocenters. The molecule has 0 aromatic heterocycles. The summed E-state index contributed by atoms with van der Waals surface area (Å²) in [5.74, 6) is 0.567. The van der Waals surface area contributed by atoms with Gasteiger partial charge in [0.05, 0.1) is 16.8 Å². The number of sulfone groups is 2. The monoisotopic (exact) mass is 380 g/mol. The second-order valence-corrected chi connectivity index (χ2v) is 12.2. The van der Waals surface area contributed by atoms with E-state index in [0.29, 0.717) is 25.2 Å². The Kier molecular flexibility index (Phi) is 6.72. The molecule has 0 radical (unpaired) electrons. The highest BCUT2D eigenvalue weighted by molar-refractivity contribution is 7.91. The van der Waals surface area contributed by atoms with Crippen LogP contribution in [0.2, 0.25) is 0 Å². The van der Waals surface area contributed by atoms with E-state index < -0.39 is 19.7 Å². The Hall–Kier alpha value is -0.180. The molecule has 2 fully saturated rings. The zero-order chi connectivity index (χ0) is 18.0. The fourth-order valence-corrected chi connectivity index (χ4v) is 6.06. The molecule has 0 spiro atoms. The van der Waals surface area contributed by atoms with Crippen molar-refractivity contribution in [3.63, 3.8) is 0 Å². The SMILES string of the molecule is CC(CCC(C)N1CCS(=O)(=O)CC1)N1CCC(S(C)(=O)=O)CC1. The molecular formula is C16H32N2O4S2. The number of hydrogen-bond donors (Lipinski definition) is 0. The van der Waals surface area contributed by atoms with Crippen molar-refractivity contribution >= 4 is 19.7 Å². The highest BCUT2D eigenvalue weighted by atomic mass is 32.2. The largest absolute Gasteiger partial charge is 0.301 e. The summed E-state index contributed by atoms with van der Waals surface area (Å²) in [6, 6.07) is 0.845. The van der Waals surface area contributed by atoms with E-state index in [9.17, 15) is 16.8 Å². The first-order chi connectivity index (χ1) is 11.1. The maximum absolute atomic E-state index is 11.6. The molecular weight excluding hydrogens is 348 g/mol. The van der Waals surface area contributed by atoms with Crippen LogP contribution in [0.3, 0.4) is 0 Å². The molecule has 142 valence electrons. The zero-order valence-electron chi connectivity index (χ0n) is 15.1. The second kappa shape index (κ2) is 8.01. The third kappa shape index (κ3) is 5.68. The molecule has 0 bridgehead atoms. The van der Waals surface area contributed by atoms with Crippen LogP contribution in [0.5, 0.6) is 0 Å². The van der Waals surface area contributed by atoms with Gasteiger partial charge in [0.15, 0.2) is 9.84 Å². The summed E-state index contributed by atoms with van der Waals surface area (Å²) in [6.07, 6.45) is 4.93. The van der Waals surface area contributed by atoms with Crippen LogP contribution < -0.4 is 0 Å². The molecule has 2 rings (SSSR count). The van der Waals surface area contributed by atoms with E-state index in [4.69, 9.17) is 0 Å². The van der Waals surface area contributed by atoms with Gasteiger partial charge in [-0.25, -0.2) is 16.8 Å². The molecule has 8 heteroatoms. The lowest BCUT2D eigenvalue weighted by Gasteiger charge is -2.37. The summed E-state index contributed by atoms with van der Waals surface area (Å²) < 4.78 is 46.3. The lowest BCUT2D eigenvalue weighted by molar-refractivity contribution is 0.148. The quantitative estimate of drug-likeness (QED) is 0.678. The normalized spacial score (nSPS) is 27.0. The zero-order valence-corrected chi connectivity index (χ0v) is 16.8. The van der Waals surface area contributed by atoms with Crippen molar-refractivity contribution in [2.45, 2.75) is 56.9 Å². The van der Waals surface area contributed by atoms with Crippen molar-refractivity contribution < 1.29 is 16.8 Å². The predicted molar refractivity (Wildman–Crippen MR) is 97.8 cm³/mol. The minimum atomic E-state index is -2.91. The number of nitrogens with zero attached hydrogens (tertiary/aromatic N) is 2. The summed E-state index contributed by atoms with van der Waals surface area (Å²) in [5, 5.41) is -0.171. The first-order valence-electron chi connectivity index (χ1n) is 8.96. The highest BCUT2D eigenvalue weighted by Crippen LogP contribution is 2.21. The minimum Gasteiger partial charge on any atom is -0.301 e. The maximum Gasteiger partial charge on any atom is 0.152 e. The van der Waals surface area contributed by atoms with Gasteiger partial charge in [-0.3, -0.25) is 4.90 Å². The topological polar surface area (TPSA) is 74.8 Å². The Morgan fingerprint density at radius 2 is 1.33 bits per heavy atom. The molecule has 0 aromatic carbocycles. The number of likely N-dealkylation sites (tertiary alicyclic amines) is 1. The minimum absolute atomic E-state index is 0.171. The first kappa shape index (κ1) is 20.1. The van der Waals surface area contributed by atoms with Gasteiger partial charge in [0.2, 0.25) is 0 Å². The van der Waals surface area contributed by atoms with Crippen molar-refractivity contribution in [2.75, 3.05) is 43.9 Å². The fourth-order valence-electron chi connectivity index (χ4n) is 3.76. The van der Waals surface area contributed by atoms with E-state index in [1.165, 1.54) is 6.26 Å². The molecule has 0 amide bonds. The lowest BCUT2D eigenvalue weighted by Crippen LogP contribution is -2.46. The summed E-state index contributed by atoms with van der Waals surface area (Å²) in [6.45, 7) is 7.41. The van der Waals surface area contributed by atoms with Crippen LogP contribution in [0.15, 0.2) is 0 Å². The van der Waals surface area contributed by atoms with E-state index in [0.717, 1.165) is 38.8 Å². The van der Waals surface area contributed by atoms with Crippen LogP contribution in [-0.4, -0.2) is 87.9 Å². The fraction of sp³-hybridized carbons (Fsp3) is 1.00. The summed E-state index contributed by atoms with van der Waals surface area (Å²) in [7, 11) is -5.72. The van der Waals surface area contributed by atoms with Gasteiger partial charge >= 0.3 is 0 Å². The van der Waals surface area contributed by atoms with E-state index in [-0.39, 0.29) is 16.8 Å². The van der Waals surface area contributed by atoms with Crippen LogP contribution in [0.25, 0.3) is 0 Å². The molecule has 0 N–H and O–H groups in total. The third-order valence-electron chi connectivity index (χ3n) is 5.71. The molecule has 6 nitrogen and oxygen atoms in total. The Morgan fingerprint density at radius 1 is 0.917 bits per heavy atom. The molecule has 2 heterocycles. The van der Waals surface area contributed by atoms with Gasteiger partial charge in [-0.15, -0.1) is 0 Å². The summed E-state index contributed by atoms with van der Waals surface area (Å²) in [5.41, 5.74) is 0. The third-order valence-corrected chi connectivity index (χ3v) is 9.00. The Morgan fingerprint density at radius 3 is 1.75 bits per heavy atom. The van der Waals surface area contributed by atoms with Crippen LogP contribution in [0.4, 0.5) is 0 Å². The molecule has 0 saturated carbocycles. The van der Waals surface area contributed by atoms with Crippen molar-refractivity contribution in [3.8, 4) is 0 Å². The molecule has 0 aromatic rings. The van der Waals surface area contributed by atoms with Gasteiger partial charge in [0.1, 0.15) is 9.84 Å². The molecule has 2 aliphatic rings. The first-order valence-corrected chi connectivity index (χ1v) is 12.7. The van der Waals surface area contributed by atoms with E-state index in [2.05, 4.69) is 23.6 Å². The van der Waals surface area contributed by atoms with E-state index in [1.54, 1.807) is 0 Å². The van der Waals surface area contributed by atoms with Gasteiger partial charge in [0.25, 0.3) is 0 Å². The average Bonchev–Trinajstić information content (AvgIpc) is 2.51. The Bertz CT molecular complexity index is 596. The summed E-state index contributed by atoms with van der Waals surface area (Å²) >= 11 is 0. The molecule has 0 aliphatic carbocycles. The standard InChI is InChI=1S/C16H32N2O4S2/c1-14(17-8-6-16(7-9-17)23(3,19)20)4-5-15(2)18-10-12-24(21,22)13-11-18/h14-16H,4-13H2,1-3H3. The van der Waals surface area contributed by atoms with Gasteiger partial charge in [0, 0.05) is 31.4 Å². The van der Waals surface area contributed by atoms with Crippen LogP contribution in [0, 0.1) is 0 Å². The van der Waals surface area contributed by atoms with Crippen molar-refractivity contribution in [2.24, 2.45) is 0 Å². The predicted octanol–water partition coefficient (Wildman–Crippen LogP) is 0.783. The van der Waals surface area contributed by atoms with Crippen LogP contribution in [-0.2, 0) is 19.7 Å². The molecule has 2 aliphatic heterocycles. The second-order valence-electron chi connectivity index (χ2n) is 7.53. The van der Waals surface area contributed by atoms with Gasteiger partial charge in [-0.2, -0.15) is 0 Å². The van der Waals surface area contributed by atoms with Crippen molar-refractivity contribution in [1.82, 2.24) is 9.80 Å². The number of hydrogen-bond acceptors (Lipinski definition) is 6. The number of rotatable bonds is 6. The van der Waals surface area contributed by atoms with Crippen molar-refractivity contribution in [3.05, 3.63) is 0 Å². The lowest BCUT2D eigenvalue weighted by atomic mass is 10.0.